The van der Waals surface area contributed by atoms with Crippen LogP contribution in [0.4, 0.5) is 0 Å². The van der Waals surface area contributed by atoms with E-state index in [-0.39, 0.29) is 17.7 Å². The van der Waals surface area contributed by atoms with Crippen LogP contribution in [0.3, 0.4) is 0 Å². The zero-order valence-corrected chi connectivity index (χ0v) is 11.4. The lowest BCUT2D eigenvalue weighted by atomic mass is 9.78. The van der Waals surface area contributed by atoms with E-state index < -0.39 is 5.41 Å². The van der Waals surface area contributed by atoms with Gasteiger partial charge in [0.25, 0.3) is 0 Å². The highest BCUT2D eigenvalue weighted by molar-refractivity contribution is 7.99. The smallest absolute Gasteiger partial charge is 0.235 e. The van der Waals surface area contributed by atoms with Gasteiger partial charge in [-0.1, -0.05) is 20.8 Å². The molecule has 1 atom stereocenters. The highest BCUT2D eigenvalue weighted by atomic mass is 32.2. The summed E-state index contributed by atoms with van der Waals surface area (Å²) in [5.74, 6) is 2.11. The molecule has 1 saturated heterocycles. The predicted octanol–water partition coefficient (Wildman–Crippen LogP) is 2.16. The molecule has 1 rings (SSSR count). The van der Waals surface area contributed by atoms with E-state index >= 15 is 0 Å². The Balaban J connectivity index is 2.68. The second-order valence-corrected chi connectivity index (χ2v) is 6.19. The molecule has 1 unspecified atom stereocenters. The lowest BCUT2D eigenvalue weighted by molar-refractivity contribution is -0.141. The monoisotopic (exact) mass is 243 g/mol. The van der Waals surface area contributed by atoms with Crippen LogP contribution < -0.4 is 0 Å². The van der Waals surface area contributed by atoms with Crippen molar-refractivity contribution in [1.82, 2.24) is 4.90 Å². The van der Waals surface area contributed by atoms with E-state index in [1.54, 1.807) is 11.8 Å². The average Bonchev–Trinajstić information content (AvgIpc) is 2.43. The molecule has 3 nitrogen and oxygen atoms in total. The van der Waals surface area contributed by atoms with Crippen LogP contribution in [0, 0.1) is 11.3 Å². The summed E-state index contributed by atoms with van der Waals surface area (Å²) < 4.78 is 0. The number of imide groups is 1. The minimum atomic E-state index is -0.478. The largest absolute Gasteiger partial charge is 0.281 e. The van der Waals surface area contributed by atoms with E-state index in [9.17, 15) is 9.59 Å². The third-order valence-corrected chi connectivity index (χ3v) is 4.37. The van der Waals surface area contributed by atoms with Crippen molar-refractivity contribution < 1.29 is 9.59 Å². The zero-order chi connectivity index (χ0) is 12.3. The van der Waals surface area contributed by atoms with E-state index in [2.05, 4.69) is 6.92 Å². The third-order valence-electron chi connectivity index (χ3n) is 3.49. The first-order chi connectivity index (χ1) is 7.43. The number of carbonyl (C=O) groups is 2. The Labute approximate surface area is 102 Å². The topological polar surface area (TPSA) is 37.4 Å². The minimum Gasteiger partial charge on any atom is -0.281 e. The standard InChI is InChI=1S/C12H21NO2S/c1-5-16-7-6-13-10(14)8-12(4,9(2)3)11(13)15/h9H,5-8H2,1-4H3. The summed E-state index contributed by atoms with van der Waals surface area (Å²) in [6.07, 6.45) is 0.375. The molecule has 0 spiro atoms. The number of rotatable bonds is 5. The van der Waals surface area contributed by atoms with Gasteiger partial charge in [0.05, 0.1) is 5.41 Å². The Morgan fingerprint density at radius 1 is 1.44 bits per heavy atom. The van der Waals surface area contributed by atoms with E-state index in [1.165, 1.54) is 4.90 Å². The number of hydrogen-bond acceptors (Lipinski definition) is 3. The van der Waals surface area contributed by atoms with Crippen LogP contribution in [-0.2, 0) is 9.59 Å². The normalized spacial score (nSPS) is 25.9. The number of likely N-dealkylation sites (tertiary alicyclic amines) is 1. The lowest BCUT2D eigenvalue weighted by Gasteiger charge is -2.25. The fraction of sp³-hybridized carbons (Fsp3) is 0.833. The summed E-state index contributed by atoms with van der Waals surface area (Å²) in [6.45, 7) is 8.57. The molecule has 0 saturated carbocycles. The van der Waals surface area contributed by atoms with Gasteiger partial charge in [-0.25, -0.2) is 0 Å². The maximum absolute atomic E-state index is 12.2. The van der Waals surface area contributed by atoms with E-state index in [0.29, 0.717) is 13.0 Å². The molecule has 0 N–H and O–H groups in total. The Morgan fingerprint density at radius 2 is 2.06 bits per heavy atom. The Hall–Kier alpha value is -0.510. The highest BCUT2D eigenvalue weighted by Crippen LogP contribution is 2.39. The van der Waals surface area contributed by atoms with Crippen LogP contribution in [0.5, 0.6) is 0 Å². The number of carbonyl (C=O) groups excluding carboxylic acids is 2. The van der Waals surface area contributed by atoms with E-state index in [4.69, 9.17) is 0 Å². The van der Waals surface area contributed by atoms with Crippen LogP contribution in [0.2, 0.25) is 0 Å². The van der Waals surface area contributed by atoms with Crippen LogP contribution in [-0.4, -0.2) is 34.8 Å². The first kappa shape index (κ1) is 13.6. The molecular weight excluding hydrogens is 222 g/mol. The molecule has 1 fully saturated rings. The summed E-state index contributed by atoms with van der Waals surface area (Å²) in [6, 6.07) is 0. The van der Waals surface area contributed by atoms with Gasteiger partial charge >= 0.3 is 0 Å². The van der Waals surface area contributed by atoms with Gasteiger partial charge in [-0.15, -0.1) is 0 Å². The zero-order valence-electron chi connectivity index (χ0n) is 10.6. The van der Waals surface area contributed by atoms with Crippen LogP contribution >= 0.6 is 11.8 Å². The Bertz CT molecular complexity index is 291. The molecule has 0 bridgehead atoms. The summed E-state index contributed by atoms with van der Waals surface area (Å²) in [4.78, 5) is 25.4. The van der Waals surface area contributed by atoms with Gasteiger partial charge in [0.1, 0.15) is 0 Å². The number of nitrogens with zero attached hydrogens (tertiary/aromatic N) is 1. The molecule has 92 valence electrons. The summed E-state index contributed by atoms with van der Waals surface area (Å²) in [5, 5.41) is 0. The second-order valence-electron chi connectivity index (χ2n) is 4.80. The first-order valence-electron chi connectivity index (χ1n) is 5.86. The number of hydrogen-bond donors (Lipinski definition) is 0. The molecule has 1 aliphatic heterocycles. The van der Waals surface area contributed by atoms with Crippen molar-refractivity contribution in [2.24, 2.45) is 11.3 Å². The minimum absolute atomic E-state index is 0.00194. The summed E-state index contributed by atoms with van der Waals surface area (Å²) in [7, 11) is 0. The molecule has 4 heteroatoms. The fourth-order valence-electron chi connectivity index (χ4n) is 1.88. The van der Waals surface area contributed by atoms with Crippen molar-refractivity contribution >= 4 is 23.6 Å². The van der Waals surface area contributed by atoms with E-state index in [0.717, 1.165) is 11.5 Å². The van der Waals surface area contributed by atoms with Gasteiger partial charge in [0.2, 0.25) is 11.8 Å². The maximum Gasteiger partial charge on any atom is 0.235 e. The average molecular weight is 243 g/mol. The Kier molecular flexibility index (Phi) is 4.42. The van der Waals surface area contributed by atoms with Crippen molar-refractivity contribution in [3.8, 4) is 0 Å². The molecule has 0 aromatic carbocycles. The van der Waals surface area contributed by atoms with Crippen LogP contribution in [0.15, 0.2) is 0 Å². The molecule has 1 heterocycles. The number of amides is 2. The lowest BCUT2D eigenvalue weighted by Crippen LogP contribution is -2.38. The molecule has 0 aromatic rings. The molecule has 0 aliphatic carbocycles. The number of thioether (sulfide) groups is 1. The second kappa shape index (κ2) is 5.21. The van der Waals surface area contributed by atoms with Crippen molar-refractivity contribution in [3.63, 3.8) is 0 Å². The predicted molar refractivity (Wildman–Crippen MR) is 67.3 cm³/mol. The molecule has 2 amide bonds. The first-order valence-corrected chi connectivity index (χ1v) is 7.01. The fourth-order valence-corrected chi connectivity index (χ4v) is 2.48. The molecule has 16 heavy (non-hydrogen) atoms. The third kappa shape index (κ3) is 2.42. The van der Waals surface area contributed by atoms with Crippen molar-refractivity contribution in [2.75, 3.05) is 18.1 Å². The summed E-state index contributed by atoms with van der Waals surface area (Å²) in [5.41, 5.74) is -0.478. The molecule has 0 radical (unpaired) electrons. The molecule has 0 aromatic heterocycles. The highest BCUT2D eigenvalue weighted by Gasteiger charge is 2.49. The van der Waals surface area contributed by atoms with Gasteiger partial charge in [0, 0.05) is 18.7 Å². The quantitative estimate of drug-likeness (QED) is 0.548. The molecular formula is C12H21NO2S. The van der Waals surface area contributed by atoms with E-state index in [1.807, 2.05) is 20.8 Å². The Morgan fingerprint density at radius 3 is 2.50 bits per heavy atom. The van der Waals surface area contributed by atoms with Crippen molar-refractivity contribution in [2.45, 2.75) is 34.1 Å². The SMILES string of the molecule is CCSCCN1C(=O)CC(C)(C(C)C)C1=O. The van der Waals surface area contributed by atoms with Gasteiger partial charge < -0.3 is 0 Å². The maximum atomic E-state index is 12.2. The van der Waals surface area contributed by atoms with Crippen LogP contribution in [0.25, 0.3) is 0 Å². The van der Waals surface area contributed by atoms with Gasteiger partial charge in [-0.3, -0.25) is 14.5 Å². The van der Waals surface area contributed by atoms with Gasteiger partial charge in [0.15, 0.2) is 0 Å². The van der Waals surface area contributed by atoms with Crippen molar-refractivity contribution in [3.05, 3.63) is 0 Å². The van der Waals surface area contributed by atoms with Gasteiger partial charge in [-0.05, 0) is 18.6 Å². The van der Waals surface area contributed by atoms with Crippen molar-refractivity contribution in [1.29, 1.82) is 0 Å². The summed E-state index contributed by atoms with van der Waals surface area (Å²) >= 11 is 1.76. The van der Waals surface area contributed by atoms with Gasteiger partial charge in [-0.2, -0.15) is 11.8 Å². The van der Waals surface area contributed by atoms with Crippen LogP contribution in [0.1, 0.15) is 34.1 Å². The molecule has 1 aliphatic rings.